The van der Waals surface area contributed by atoms with Crippen LogP contribution in [0, 0.1) is 5.82 Å². The SMILES string of the molecule is COCOc1cc(Cl)c(C2CC2)c(-c2nc3c4c(nc(OC[C@@]56CCCN5C[C@H](F)C6)nc4c2F)N2CC4CCC(C2CO3)N4C(=O)OC(C)(C)C)c1. The minimum atomic E-state index is -0.930. The van der Waals surface area contributed by atoms with Crippen LogP contribution in [0.1, 0.15) is 77.2 Å². The van der Waals surface area contributed by atoms with E-state index in [0.717, 1.165) is 50.6 Å². The van der Waals surface area contributed by atoms with E-state index in [-0.39, 0.29) is 73.2 Å². The second kappa shape index (κ2) is 12.9. The van der Waals surface area contributed by atoms with E-state index in [1.165, 1.54) is 7.11 Å². The van der Waals surface area contributed by atoms with E-state index < -0.39 is 23.1 Å². The number of benzene rings is 1. The summed E-state index contributed by atoms with van der Waals surface area (Å²) in [6, 6.07) is 2.73. The molecule has 1 aromatic carbocycles. The molecule has 5 fully saturated rings. The monoisotopic (exact) mass is 754 g/mol. The largest absolute Gasteiger partial charge is 0.475 e. The van der Waals surface area contributed by atoms with Crippen LogP contribution in [0.5, 0.6) is 17.6 Å². The average molecular weight is 755 g/mol. The Kier molecular flexibility index (Phi) is 8.54. The third kappa shape index (κ3) is 6.08. The van der Waals surface area contributed by atoms with Crippen LogP contribution in [-0.2, 0) is 9.47 Å². The number of rotatable bonds is 8. The van der Waals surface area contributed by atoms with Crippen molar-refractivity contribution in [2.75, 3.05) is 51.7 Å². The van der Waals surface area contributed by atoms with Crippen molar-refractivity contribution in [1.29, 1.82) is 0 Å². The molecule has 5 atom stereocenters. The van der Waals surface area contributed by atoms with Gasteiger partial charge in [0.1, 0.15) is 53.2 Å². The third-order valence-electron chi connectivity index (χ3n) is 11.7. The molecule has 0 radical (unpaired) electrons. The van der Waals surface area contributed by atoms with Crippen LogP contribution >= 0.6 is 11.6 Å². The molecule has 5 aliphatic heterocycles. The quantitative estimate of drug-likeness (QED) is 0.231. The van der Waals surface area contributed by atoms with Crippen LogP contribution in [0.25, 0.3) is 22.2 Å². The van der Waals surface area contributed by atoms with E-state index in [1.54, 1.807) is 12.1 Å². The molecule has 9 rings (SSSR count). The van der Waals surface area contributed by atoms with Crippen molar-refractivity contribution < 1.29 is 37.3 Å². The summed E-state index contributed by atoms with van der Waals surface area (Å²) >= 11 is 6.86. The number of piperazine rings is 1. The van der Waals surface area contributed by atoms with Gasteiger partial charge < -0.3 is 28.6 Å². The molecule has 1 saturated carbocycles. The summed E-state index contributed by atoms with van der Waals surface area (Å²) in [6.45, 7) is 7.52. The summed E-state index contributed by atoms with van der Waals surface area (Å²) in [5, 5.41) is 0.789. The summed E-state index contributed by atoms with van der Waals surface area (Å²) in [7, 11) is 1.52. The fourth-order valence-corrected chi connectivity index (χ4v) is 9.70. The Labute approximate surface area is 312 Å². The molecule has 0 N–H and O–H groups in total. The molecule has 1 aliphatic carbocycles. The molecular formula is C38H45ClF2N6O6. The second-order valence-electron chi connectivity index (χ2n) is 16.4. The molecule has 3 unspecified atom stereocenters. The number of anilines is 1. The Morgan fingerprint density at radius 3 is 2.70 bits per heavy atom. The Hall–Kier alpha value is -3.75. The highest BCUT2D eigenvalue weighted by Crippen LogP contribution is 2.51. The molecule has 12 nitrogen and oxygen atoms in total. The van der Waals surface area contributed by atoms with Crippen LogP contribution in [0.2, 0.25) is 5.02 Å². The first-order valence-electron chi connectivity index (χ1n) is 18.7. The lowest BCUT2D eigenvalue weighted by atomic mass is 9.95. The molecule has 4 saturated heterocycles. The summed E-state index contributed by atoms with van der Waals surface area (Å²) in [4.78, 5) is 34.2. The minimum absolute atomic E-state index is 0.00164. The molecule has 53 heavy (non-hydrogen) atoms. The number of hydrogen-bond donors (Lipinski definition) is 0. The molecule has 2 aromatic heterocycles. The number of alkyl halides is 1. The zero-order valence-electron chi connectivity index (χ0n) is 30.5. The number of aromatic nitrogens is 3. The number of carbonyl (C=O) groups is 1. The fraction of sp³-hybridized carbons (Fsp3) is 0.632. The van der Waals surface area contributed by atoms with Gasteiger partial charge in [-0.2, -0.15) is 9.97 Å². The van der Waals surface area contributed by atoms with E-state index >= 15 is 4.39 Å². The van der Waals surface area contributed by atoms with Crippen molar-refractivity contribution in [3.8, 4) is 28.9 Å². The first-order chi connectivity index (χ1) is 25.4. The lowest BCUT2D eigenvalue weighted by Gasteiger charge is -2.46. The fourth-order valence-electron chi connectivity index (χ4n) is 9.34. The van der Waals surface area contributed by atoms with Gasteiger partial charge in [-0.15, -0.1) is 0 Å². The molecule has 15 heteroatoms. The van der Waals surface area contributed by atoms with Gasteiger partial charge in [0.15, 0.2) is 12.6 Å². The van der Waals surface area contributed by atoms with Crippen LogP contribution in [0.4, 0.5) is 19.4 Å². The third-order valence-corrected chi connectivity index (χ3v) is 12.0. The number of halogens is 3. The number of ether oxygens (including phenoxy) is 5. The second-order valence-corrected chi connectivity index (χ2v) is 16.8. The van der Waals surface area contributed by atoms with E-state index in [1.807, 2.05) is 25.7 Å². The van der Waals surface area contributed by atoms with Crippen molar-refractivity contribution >= 4 is 34.4 Å². The summed E-state index contributed by atoms with van der Waals surface area (Å²) in [5.41, 5.74) is 0.204. The molecule has 3 aromatic rings. The van der Waals surface area contributed by atoms with Crippen molar-refractivity contribution in [1.82, 2.24) is 24.8 Å². The van der Waals surface area contributed by atoms with Crippen molar-refractivity contribution in [3.63, 3.8) is 0 Å². The van der Waals surface area contributed by atoms with Crippen LogP contribution in [0.15, 0.2) is 12.1 Å². The Bertz CT molecular complexity index is 1960. The Balaban J connectivity index is 1.17. The maximum atomic E-state index is 17.4. The number of carbonyl (C=O) groups excluding carboxylic acids is 1. The van der Waals surface area contributed by atoms with Gasteiger partial charge in [0.05, 0.1) is 23.7 Å². The van der Waals surface area contributed by atoms with Crippen LogP contribution in [-0.4, -0.2) is 113 Å². The molecule has 1 amide bonds. The number of fused-ring (bicyclic) bond motifs is 6. The predicted molar refractivity (Wildman–Crippen MR) is 192 cm³/mol. The van der Waals surface area contributed by atoms with E-state index in [4.69, 9.17) is 50.2 Å². The van der Waals surface area contributed by atoms with Crippen LogP contribution < -0.4 is 19.1 Å². The maximum Gasteiger partial charge on any atom is 0.410 e. The molecule has 6 aliphatic rings. The van der Waals surface area contributed by atoms with Crippen molar-refractivity contribution in [2.45, 2.75) is 107 Å². The van der Waals surface area contributed by atoms with Gasteiger partial charge in [-0.1, -0.05) is 11.6 Å². The van der Waals surface area contributed by atoms with Crippen molar-refractivity contribution in [3.05, 3.63) is 28.5 Å². The van der Waals surface area contributed by atoms with Gasteiger partial charge in [0.2, 0.25) is 5.88 Å². The topological polar surface area (TPSA) is 112 Å². The Morgan fingerprint density at radius 1 is 1.09 bits per heavy atom. The Morgan fingerprint density at radius 2 is 1.92 bits per heavy atom. The van der Waals surface area contributed by atoms with Crippen molar-refractivity contribution in [2.24, 2.45) is 0 Å². The van der Waals surface area contributed by atoms with Crippen LogP contribution in [0.3, 0.4) is 0 Å². The molecule has 2 bridgehead atoms. The zero-order chi connectivity index (χ0) is 36.8. The van der Waals surface area contributed by atoms with Gasteiger partial charge in [0.25, 0.3) is 0 Å². The number of pyridine rings is 1. The predicted octanol–water partition coefficient (Wildman–Crippen LogP) is 6.65. The lowest BCUT2D eigenvalue weighted by molar-refractivity contribution is 0.00537. The average Bonchev–Trinajstić information content (AvgIpc) is 3.72. The van der Waals surface area contributed by atoms with Gasteiger partial charge >= 0.3 is 12.1 Å². The summed E-state index contributed by atoms with van der Waals surface area (Å²) in [6.07, 6.45) is 4.20. The van der Waals surface area contributed by atoms with Gasteiger partial charge in [-0.05, 0) is 89.5 Å². The molecular weight excluding hydrogens is 710 g/mol. The zero-order valence-corrected chi connectivity index (χ0v) is 31.3. The van der Waals surface area contributed by atoms with Gasteiger partial charge in [-0.25, -0.2) is 18.6 Å². The highest BCUT2D eigenvalue weighted by atomic mass is 35.5. The molecule has 284 valence electrons. The molecule has 7 heterocycles. The first kappa shape index (κ1) is 35.0. The van der Waals surface area contributed by atoms with Gasteiger partial charge in [0, 0.05) is 37.2 Å². The van der Waals surface area contributed by atoms with E-state index in [9.17, 15) is 9.18 Å². The summed E-state index contributed by atoms with van der Waals surface area (Å²) in [5.74, 6) is 0.518. The van der Waals surface area contributed by atoms with Gasteiger partial charge in [-0.3, -0.25) is 9.80 Å². The lowest BCUT2D eigenvalue weighted by Crippen LogP contribution is -2.63. The normalized spacial score (nSPS) is 27.8. The number of methoxy groups -OCH3 is 1. The first-order valence-corrected chi connectivity index (χ1v) is 19.1. The minimum Gasteiger partial charge on any atom is -0.475 e. The highest BCUT2D eigenvalue weighted by Gasteiger charge is 2.53. The number of amides is 1. The summed E-state index contributed by atoms with van der Waals surface area (Å²) < 4.78 is 61.7. The standard InChI is InChI=1S/C38H45ClF2N6O6/c1-37(2,3)53-36(48)47-22-8-9-26(47)27-17-50-34-29-32(30(41)31(42-34)24-12-23(52-19-49-4)13-25(39)28(24)20-6-7-20)43-35(44-33(29)46(27)16-22)51-18-38-10-5-11-45(38)15-21(40)14-38/h12-13,20-22,26-27H,5-11,14-19H2,1-4H3/t21-,22?,26?,27?,38+/m1/s1. The smallest absolute Gasteiger partial charge is 0.410 e. The highest BCUT2D eigenvalue weighted by molar-refractivity contribution is 6.32. The number of hydrogen-bond acceptors (Lipinski definition) is 11. The molecule has 0 spiro atoms. The van der Waals surface area contributed by atoms with E-state index in [2.05, 4.69) is 9.80 Å². The number of nitrogens with zero attached hydrogens (tertiary/aromatic N) is 6. The maximum absolute atomic E-state index is 17.4. The van der Waals surface area contributed by atoms with E-state index in [0.29, 0.717) is 47.1 Å².